The van der Waals surface area contributed by atoms with Gasteiger partial charge in [-0.25, -0.2) is 0 Å². The molecule has 1 aromatic rings. The highest BCUT2D eigenvalue weighted by atomic mass is 16.5. The fourth-order valence-electron chi connectivity index (χ4n) is 3.63. The van der Waals surface area contributed by atoms with Gasteiger partial charge in [0.1, 0.15) is 0 Å². The van der Waals surface area contributed by atoms with Gasteiger partial charge >= 0.3 is 5.97 Å². The number of Topliss-reactive ketones (excluding diaryl/α,β-unsaturated/α-hetero) is 1. The van der Waals surface area contributed by atoms with Crippen molar-refractivity contribution in [3.05, 3.63) is 24.0 Å². The molecule has 0 amide bonds. The van der Waals surface area contributed by atoms with Crippen molar-refractivity contribution in [2.75, 3.05) is 6.61 Å². The third-order valence-corrected chi connectivity index (χ3v) is 4.58. The minimum Gasteiger partial charge on any atom is -0.457 e. The molecule has 1 heterocycles. The Labute approximate surface area is 112 Å². The van der Waals surface area contributed by atoms with Crippen LogP contribution in [0.4, 0.5) is 0 Å². The molecule has 0 aromatic carbocycles. The number of nitrogens with one attached hydrogen (secondary N) is 1. The summed E-state index contributed by atoms with van der Waals surface area (Å²) < 4.78 is 5.09. The van der Waals surface area contributed by atoms with E-state index in [1.54, 1.807) is 18.3 Å². The van der Waals surface area contributed by atoms with Gasteiger partial charge in [0, 0.05) is 12.6 Å². The first kappa shape index (κ1) is 12.5. The number of rotatable bonds is 5. The molecule has 2 bridgehead atoms. The highest BCUT2D eigenvalue weighted by Crippen LogP contribution is 2.49. The van der Waals surface area contributed by atoms with Crippen LogP contribution in [0.3, 0.4) is 0 Å². The molecule has 1 N–H and O–H groups in total. The number of hydrogen-bond donors (Lipinski definition) is 1. The molecule has 2 saturated carbocycles. The molecule has 1 aromatic heterocycles. The lowest BCUT2D eigenvalue weighted by atomic mass is 9.86. The number of aromatic nitrogens is 1. The number of carbonyl (C=O) groups excluding carboxylic acids is 2. The van der Waals surface area contributed by atoms with E-state index in [4.69, 9.17) is 4.74 Å². The summed E-state index contributed by atoms with van der Waals surface area (Å²) in [5.41, 5.74) is 0.493. The Morgan fingerprint density at radius 1 is 1.32 bits per heavy atom. The molecule has 4 nitrogen and oxygen atoms in total. The molecule has 2 aliphatic carbocycles. The quantitative estimate of drug-likeness (QED) is 0.654. The summed E-state index contributed by atoms with van der Waals surface area (Å²) in [6.07, 6.45) is 7.23. The highest BCUT2D eigenvalue weighted by Gasteiger charge is 2.40. The predicted molar refractivity (Wildman–Crippen MR) is 69.6 cm³/mol. The van der Waals surface area contributed by atoms with E-state index in [-0.39, 0.29) is 18.4 Å². The standard InChI is InChI=1S/C15H19NO3/c17-14(13-2-1-5-16-13)9-19-15(18)8-12-7-10-3-4-11(12)6-10/h1-2,5,10-12,16H,3-4,6-9H2. The molecular formula is C15H19NO3. The molecule has 0 saturated heterocycles. The van der Waals surface area contributed by atoms with Gasteiger partial charge in [0.25, 0.3) is 0 Å². The summed E-state index contributed by atoms with van der Waals surface area (Å²) in [7, 11) is 0. The monoisotopic (exact) mass is 261 g/mol. The second-order valence-corrected chi connectivity index (χ2v) is 5.81. The van der Waals surface area contributed by atoms with Gasteiger partial charge in [-0.3, -0.25) is 9.59 Å². The van der Waals surface area contributed by atoms with E-state index in [0.29, 0.717) is 18.0 Å². The smallest absolute Gasteiger partial charge is 0.306 e. The number of H-pyrrole nitrogens is 1. The minimum absolute atomic E-state index is 0.153. The second-order valence-electron chi connectivity index (χ2n) is 5.81. The van der Waals surface area contributed by atoms with E-state index >= 15 is 0 Å². The maximum Gasteiger partial charge on any atom is 0.306 e. The van der Waals surface area contributed by atoms with Crippen molar-refractivity contribution in [3.8, 4) is 0 Å². The van der Waals surface area contributed by atoms with Crippen molar-refractivity contribution >= 4 is 11.8 Å². The molecular weight excluding hydrogens is 242 g/mol. The van der Waals surface area contributed by atoms with Crippen LogP contribution in [-0.2, 0) is 9.53 Å². The first-order valence-corrected chi connectivity index (χ1v) is 7.04. The lowest BCUT2D eigenvalue weighted by Crippen LogP contribution is -2.19. The molecule has 0 radical (unpaired) electrons. The fraction of sp³-hybridized carbons (Fsp3) is 0.600. The van der Waals surface area contributed by atoms with Crippen LogP contribution in [0.15, 0.2) is 18.3 Å². The van der Waals surface area contributed by atoms with E-state index in [9.17, 15) is 9.59 Å². The molecule has 3 unspecified atom stereocenters. The number of hydrogen-bond acceptors (Lipinski definition) is 3. The van der Waals surface area contributed by atoms with Crippen LogP contribution < -0.4 is 0 Å². The fourth-order valence-corrected chi connectivity index (χ4v) is 3.63. The van der Waals surface area contributed by atoms with Gasteiger partial charge < -0.3 is 9.72 Å². The van der Waals surface area contributed by atoms with Gasteiger partial charge in [0.15, 0.2) is 6.61 Å². The van der Waals surface area contributed by atoms with E-state index in [0.717, 1.165) is 11.8 Å². The van der Waals surface area contributed by atoms with E-state index in [1.165, 1.54) is 25.7 Å². The Bertz CT molecular complexity index is 466. The van der Waals surface area contributed by atoms with Crippen molar-refractivity contribution in [1.82, 2.24) is 4.98 Å². The van der Waals surface area contributed by atoms with Crippen LogP contribution in [0.1, 0.15) is 42.6 Å². The molecule has 2 fully saturated rings. The summed E-state index contributed by atoms with van der Waals surface area (Å²) in [6, 6.07) is 3.44. The summed E-state index contributed by atoms with van der Waals surface area (Å²) >= 11 is 0. The van der Waals surface area contributed by atoms with Crippen LogP contribution in [0.2, 0.25) is 0 Å². The summed E-state index contributed by atoms with van der Waals surface area (Å²) in [5.74, 6) is 1.65. The normalized spacial score (nSPS) is 28.5. The third kappa shape index (κ3) is 2.72. The van der Waals surface area contributed by atoms with Gasteiger partial charge in [0.2, 0.25) is 5.78 Å². The van der Waals surface area contributed by atoms with Crippen LogP contribution in [0, 0.1) is 17.8 Å². The van der Waals surface area contributed by atoms with Gasteiger partial charge in [0.05, 0.1) is 5.69 Å². The Hall–Kier alpha value is -1.58. The Kier molecular flexibility index (Phi) is 3.40. The van der Waals surface area contributed by atoms with Crippen molar-refractivity contribution in [2.45, 2.75) is 32.1 Å². The Morgan fingerprint density at radius 3 is 2.84 bits per heavy atom. The van der Waals surface area contributed by atoms with Crippen molar-refractivity contribution in [2.24, 2.45) is 17.8 Å². The van der Waals surface area contributed by atoms with Crippen LogP contribution >= 0.6 is 0 Å². The Balaban J connectivity index is 1.43. The highest BCUT2D eigenvalue weighted by molar-refractivity contribution is 5.96. The molecule has 102 valence electrons. The maximum atomic E-state index is 11.8. The number of ether oxygens (including phenoxy) is 1. The summed E-state index contributed by atoms with van der Waals surface area (Å²) in [4.78, 5) is 26.2. The SMILES string of the molecule is O=C(CC1CC2CCC1C2)OCC(=O)c1ccc[nH]1. The van der Waals surface area contributed by atoms with Gasteiger partial charge in [-0.1, -0.05) is 6.42 Å². The van der Waals surface area contributed by atoms with Crippen LogP contribution in [0.5, 0.6) is 0 Å². The predicted octanol–water partition coefficient (Wildman–Crippen LogP) is 2.57. The molecule has 2 aliphatic rings. The largest absolute Gasteiger partial charge is 0.457 e. The van der Waals surface area contributed by atoms with E-state index in [2.05, 4.69) is 4.98 Å². The number of aromatic amines is 1. The zero-order valence-electron chi connectivity index (χ0n) is 10.9. The zero-order chi connectivity index (χ0) is 13.2. The van der Waals surface area contributed by atoms with E-state index < -0.39 is 0 Å². The first-order valence-electron chi connectivity index (χ1n) is 7.04. The number of carbonyl (C=O) groups is 2. The molecule has 3 atom stereocenters. The topological polar surface area (TPSA) is 59.2 Å². The third-order valence-electron chi connectivity index (χ3n) is 4.58. The number of esters is 1. The molecule has 19 heavy (non-hydrogen) atoms. The van der Waals surface area contributed by atoms with Crippen molar-refractivity contribution in [1.29, 1.82) is 0 Å². The summed E-state index contributed by atoms with van der Waals surface area (Å²) in [5, 5.41) is 0. The summed E-state index contributed by atoms with van der Waals surface area (Å²) in [6.45, 7) is -0.153. The lowest BCUT2D eigenvalue weighted by molar-refractivity contribution is -0.144. The van der Waals surface area contributed by atoms with Gasteiger partial charge in [-0.2, -0.15) is 0 Å². The molecule has 0 aliphatic heterocycles. The first-order chi connectivity index (χ1) is 9.22. The maximum absolute atomic E-state index is 11.8. The molecule has 3 rings (SSSR count). The Morgan fingerprint density at radius 2 is 2.21 bits per heavy atom. The average Bonchev–Trinajstić information content (AvgIpc) is 3.12. The van der Waals surface area contributed by atoms with Gasteiger partial charge in [-0.05, 0) is 49.1 Å². The number of ketones is 1. The average molecular weight is 261 g/mol. The second kappa shape index (κ2) is 5.19. The lowest BCUT2D eigenvalue weighted by Gasteiger charge is -2.20. The molecule has 4 heteroatoms. The van der Waals surface area contributed by atoms with Crippen LogP contribution in [-0.4, -0.2) is 23.3 Å². The minimum atomic E-state index is -0.225. The van der Waals surface area contributed by atoms with Crippen molar-refractivity contribution < 1.29 is 14.3 Å². The molecule has 0 spiro atoms. The van der Waals surface area contributed by atoms with Crippen LogP contribution in [0.25, 0.3) is 0 Å². The zero-order valence-corrected chi connectivity index (χ0v) is 10.9. The number of fused-ring (bicyclic) bond motifs is 2. The van der Waals surface area contributed by atoms with Crippen molar-refractivity contribution in [3.63, 3.8) is 0 Å². The van der Waals surface area contributed by atoms with Gasteiger partial charge in [-0.15, -0.1) is 0 Å². The van der Waals surface area contributed by atoms with E-state index in [1.807, 2.05) is 0 Å².